The fourth-order valence-corrected chi connectivity index (χ4v) is 1.56. The molecule has 3 heteroatoms. The highest BCUT2D eigenvalue weighted by Crippen LogP contribution is 2.26. The van der Waals surface area contributed by atoms with Crippen molar-refractivity contribution in [2.45, 2.75) is 6.92 Å². The third kappa shape index (κ3) is 2.24. The van der Waals surface area contributed by atoms with Crippen LogP contribution in [0.5, 0.6) is 0 Å². The summed E-state index contributed by atoms with van der Waals surface area (Å²) in [6.07, 6.45) is 3.93. The van der Waals surface area contributed by atoms with Gasteiger partial charge in [0.15, 0.2) is 0 Å². The number of allylic oxidation sites excluding steroid dienone is 3. The van der Waals surface area contributed by atoms with Gasteiger partial charge in [-0.3, -0.25) is 0 Å². The molecule has 1 aliphatic rings. The van der Waals surface area contributed by atoms with E-state index in [0.29, 0.717) is 5.16 Å². The van der Waals surface area contributed by atoms with E-state index in [0.717, 1.165) is 10.6 Å². The molecule has 11 heavy (non-hydrogen) atoms. The van der Waals surface area contributed by atoms with Crippen LogP contribution >= 0.6 is 23.4 Å². The molecule has 0 saturated heterocycles. The van der Waals surface area contributed by atoms with Crippen LogP contribution in [0.4, 0.5) is 0 Å². The minimum absolute atomic E-state index is 0.325. The number of hydrogen-bond donors (Lipinski definition) is 0. The summed E-state index contributed by atoms with van der Waals surface area (Å²) in [5, 5.41) is 2.31. The van der Waals surface area contributed by atoms with Crippen LogP contribution in [0.2, 0.25) is 0 Å². The SMILES string of the molecule is C=C(Cl)/N=C1/C=CS/C1=C/C. The van der Waals surface area contributed by atoms with E-state index in [4.69, 9.17) is 11.6 Å². The van der Waals surface area contributed by atoms with Crippen molar-refractivity contribution >= 4 is 29.1 Å². The van der Waals surface area contributed by atoms with Crippen LogP contribution in [0.1, 0.15) is 6.92 Å². The van der Waals surface area contributed by atoms with E-state index in [1.54, 1.807) is 11.8 Å². The molecule has 0 aromatic heterocycles. The van der Waals surface area contributed by atoms with Crippen molar-refractivity contribution in [3.63, 3.8) is 0 Å². The third-order valence-corrected chi connectivity index (χ3v) is 2.23. The maximum Gasteiger partial charge on any atom is 0.122 e. The molecule has 0 aliphatic carbocycles. The summed E-state index contributed by atoms with van der Waals surface area (Å²) in [4.78, 5) is 5.17. The molecule has 0 atom stereocenters. The van der Waals surface area contributed by atoms with Gasteiger partial charge in [0.1, 0.15) is 5.16 Å². The fraction of sp³-hybridized carbons (Fsp3) is 0.125. The molecule has 0 bridgehead atoms. The molecule has 0 aromatic carbocycles. The second-order valence-electron chi connectivity index (χ2n) is 1.95. The molecule has 0 aromatic rings. The van der Waals surface area contributed by atoms with E-state index in [1.165, 1.54) is 0 Å². The molecule has 0 saturated carbocycles. The first-order valence-corrected chi connectivity index (χ1v) is 4.43. The molecular formula is C8H8ClNS. The molecule has 58 valence electrons. The number of halogens is 1. The number of aliphatic imine (C=N–C) groups is 1. The Kier molecular flexibility index (Phi) is 2.97. The zero-order chi connectivity index (χ0) is 8.27. The van der Waals surface area contributed by atoms with Crippen molar-refractivity contribution in [1.82, 2.24) is 0 Å². The normalized spacial score (nSPS) is 23.5. The Morgan fingerprint density at radius 2 is 2.55 bits per heavy atom. The lowest BCUT2D eigenvalue weighted by Crippen LogP contribution is -1.89. The van der Waals surface area contributed by atoms with E-state index in [-0.39, 0.29) is 0 Å². The van der Waals surface area contributed by atoms with Gasteiger partial charge in [0.25, 0.3) is 0 Å². The van der Waals surface area contributed by atoms with Crippen molar-refractivity contribution in [2.75, 3.05) is 0 Å². The highest BCUT2D eigenvalue weighted by Gasteiger charge is 2.08. The first-order chi connectivity index (χ1) is 5.24. The van der Waals surface area contributed by atoms with Gasteiger partial charge in [-0.2, -0.15) is 0 Å². The van der Waals surface area contributed by atoms with Gasteiger partial charge in [-0.05, 0) is 18.4 Å². The molecule has 1 aliphatic heterocycles. The summed E-state index contributed by atoms with van der Waals surface area (Å²) >= 11 is 7.17. The van der Waals surface area contributed by atoms with Crippen molar-refractivity contribution in [1.29, 1.82) is 0 Å². The lowest BCUT2D eigenvalue weighted by molar-refractivity contribution is 1.53. The minimum Gasteiger partial charge on any atom is -0.236 e. The topological polar surface area (TPSA) is 12.4 Å². The van der Waals surface area contributed by atoms with Crippen LogP contribution in [0.15, 0.2) is 39.2 Å². The maximum absolute atomic E-state index is 5.53. The van der Waals surface area contributed by atoms with E-state index < -0.39 is 0 Å². The molecule has 0 fully saturated rings. The molecular weight excluding hydrogens is 178 g/mol. The molecule has 0 spiro atoms. The summed E-state index contributed by atoms with van der Waals surface area (Å²) in [6, 6.07) is 0. The quantitative estimate of drug-likeness (QED) is 0.571. The van der Waals surface area contributed by atoms with Crippen LogP contribution in [0.25, 0.3) is 0 Å². The Balaban J connectivity index is 2.87. The average molecular weight is 186 g/mol. The predicted molar refractivity (Wildman–Crippen MR) is 52.9 cm³/mol. The number of rotatable bonds is 1. The van der Waals surface area contributed by atoms with Gasteiger partial charge in [0.05, 0.1) is 5.71 Å². The molecule has 1 rings (SSSR count). The first kappa shape index (κ1) is 8.62. The van der Waals surface area contributed by atoms with E-state index >= 15 is 0 Å². The number of thioether (sulfide) groups is 1. The summed E-state index contributed by atoms with van der Waals surface area (Å²) < 4.78 is 0. The molecule has 1 nitrogen and oxygen atoms in total. The van der Waals surface area contributed by atoms with Gasteiger partial charge in [0, 0.05) is 4.91 Å². The van der Waals surface area contributed by atoms with Gasteiger partial charge < -0.3 is 0 Å². The van der Waals surface area contributed by atoms with Crippen LogP contribution in [0.3, 0.4) is 0 Å². The van der Waals surface area contributed by atoms with Crippen LogP contribution in [-0.4, -0.2) is 5.71 Å². The smallest absolute Gasteiger partial charge is 0.122 e. The molecule has 0 amide bonds. The van der Waals surface area contributed by atoms with Crippen molar-refractivity contribution < 1.29 is 0 Å². The first-order valence-electron chi connectivity index (χ1n) is 3.17. The molecule has 0 unspecified atom stereocenters. The summed E-state index contributed by atoms with van der Waals surface area (Å²) in [7, 11) is 0. The lowest BCUT2D eigenvalue weighted by atomic mass is 10.3. The maximum atomic E-state index is 5.53. The van der Waals surface area contributed by atoms with E-state index in [1.807, 2.05) is 24.5 Å². The molecule has 0 radical (unpaired) electrons. The zero-order valence-electron chi connectivity index (χ0n) is 6.17. The highest BCUT2D eigenvalue weighted by molar-refractivity contribution is 8.07. The largest absolute Gasteiger partial charge is 0.236 e. The molecule has 1 heterocycles. The van der Waals surface area contributed by atoms with Gasteiger partial charge in [-0.25, -0.2) is 4.99 Å². The zero-order valence-corrected chi connectivity index (χ0v) is 7.75. The Bertz CT molecular complexity index is 263. The summed E-state index contributed by atoms with van der Waals surface area (Å²) in [6.45, 7) is 5.47. The van der Waals surface area contributed by atoms with Gasteiger partial charge in [-0.1, -0.05) is 36.0 Å². The van der Waals surface area contributed by atoms with E-state index in [2.05, 4.69) is 11.6 Å². The van der Waals surface area contributed by atoms with Crippen LogP contribution in [0, 0.1) is 0 Å². The van der Waals surface area contributed by atoms with Crippen LogP contribution < -0.4 is 0 Å². The van der Waals surface area contributed by atoms with Crippen LogP contribution in [-0.2, 0) is 0 Å². The Labute approximate surface area is 75.5 Å². The number of hydrogen-bond acceptors (Lipinski definition) is 2. The van der Waals surface area contributed by atoms with Gasteiger partial charge >= 0.3 is 0 Å². The predicted octanol–water partition coefficient (Wildman–Crippen LogP) is 3.30. The number of nitrogens with zero attached hydrogens (tertiary/aromatic N) is 1. The monoisotopic (exact) mass is 185 g/mol. The average Bonchev–Trinajstić information content (AvgIpc) is 2.34. The summed E-state index contributed by atoms with van der Waals surface area (Å²) in [5.74, 6) is 0. The fourth-order valence-electron chi connectivity index (χ4n) is 0.753. The summed E-state index contributed by atoms with van der Waals surface area (Å²) in [5.41, 5.74) is 0.900. The van der Waals surface area contributed by atoms with E-state index in [9.17, 15) is 0 Å². The van der Waals surface area contributed by atoms with Gasteiger partial charge in [0.2, 0.25) is 0 Å². The van der Waals surface area contributed by atoms with Crippen molar-refractivity contribution in [3.8, 4) is 0 Å². The minimum atomic E-state index is 0.325. The Morgan fingerprint density at radius 3 is 3.09 bits per heavy atom. The second kappa shape index (κ2) is 3.79. The second-order valence-corrected chi connectivity index (χ2v) is 3.33. The molecule has 0 N–H and O–H groups in total. The third-order valence-electron chi connectivity index (χ3n) is 1.18. The van der Waals surface area contributed by atoms with Crippen molar-refractivity contribution in [2.24, 2.45) is 4.99 Å². The lowest BCUT2D eigenvalue weighted by Gasteiger charge is -1.94. The van der Waals surface area contributed by atoms with Crippen molar-refractivity contribution in [3.05, 3.63) is 34.2 Å². The Hall–Kier alpha value is -0.470. The Morgan fingerprint density at radius 1 is 1.82 bits per heavy atom. The standard InChI is InChI=1S/C8H8ClNS/c1-3-8-7(4-5-11-8)10-6(2)9/h3-5H,2H2,1H3/b8-3+,10-7-. The highest BCUT2D eigenvalue weighted by atomic mass is 35.5. The van der Waals surface area contributed by atoms with Gasteiger partial charge in [-0.15, -0.1) is 0 Å².